The first-order valence-corrected chi connectivity index (χ1v) is 5.61. The van der Waals surface area contributed by atoms with Crippen molar-refractivity contribution < 1.29 is 4.74 Å². The minimum Gasteiger partial charge on any atom is -0.497 e. The molecular formula is C13H17N3O. The van der Waals surface area contributed by atoms with E-state index in [2.05, 4.69) is 23.8 Å². The van der Waals surface area contributed by atoms with Crippen LogP contribution in [0.3, 0.4) is 0 Å². The van der Waals surface area contributed by atoms with E-state index >= 15 is 0 Å². The van der Waals surface area contributed by atoms with E-state index in [-0.39, 0.29) is 0 Å². The minimum atomic E-state index is 0.348. The molecule has 0 unspecified atom stereocenters. The summed E-state index contributed by atoms with van der Waals surface area (Å²) in [7, 11) is 1.65. The Morgan fingerprint density at radius 3 is 2.76 bits per heavy atom. The maximum atomic E-state index is 5.73. The van der Waals surface area contributed by atoms with Gasteiger partial charge in [-0.1, -0.05) is 26.0 Å². The van der Waals surface area contributed by atoms with Crippen molar-refractivity contribution in [1.29, 1.82) is 0 Å². The highest BCUT2D eigenvalue weighted by Crippen LogP contribution is 2.29. The zero-order chi connectivity index (χ0) is 12.4. The molecule has 0 atom stereocenters. The van der Waals surface area contributed by atoms with Gasteiger partial charge < -0.3 is 15.5 Å². The van der Waals surface area contributed by atoms with E-state index in [0.29, 0.717) is 11.9 Å². The first kappa shape index (κ1) is 11.5. The zero-order valence-corrected chi connectivity index (χ0v) is 10.3. The quantitative estimate of drug-likeness (QED) is 0.853. The van der Waals surface area contributed by atoms with Crippen LogP contribution in [0.5, 0.6) is 5.75 Å². The number of aromatic amines is 1. The number of hydrogen-bond acceptors (Lipinski definition) is 3. The Kier molecular flexibility index (Phi) is 3.04. The Labute approximate surface area is 101 Å². The molecule has 1 aromatic heterocycles. The molecule has 1 aromatic carbocycles. The number of hydrogen-bond donors (Lipinski definition) is 2. The van der Waals surface area contributed by atoms with Gasteiger partial charge in [0.25, 0.3) is 0 Å². The molecule has 0 aliphatic carbocycles. The molecule has 0 aliphatic rings. The van der Waals surface area contributed by atoms with Gasteiger partial charge in [0.2, 0.25) is 0 Å². The van der Waals surface area contributed by atoms with E-state index in [0.717, 1.165) is 22.7 Å². The first-order chi connectivity index (χ1) is 8.11. The van der Waals surface area contributed by atoms with Crippen molar-refractivity contribution >= 4 is 5.95 Å². The number of anilines is 1. The lowest BCUT2D eigenvalue weighted by Crippen LogP contribution is -1.92. The van der Waals surface area contributed by atoms with Gasteiger partial charge >= 0.3 is 0 Å². The van der Waals surface area contributed by atoms with Crippen LogP contribution in [-0.4, -0.2) is 17.1 Å². The molecule has 0 aliphatic heterocycles. The molecule has 0 fully saturated rings. The summed E-state index contributed by atoms with van der Waals surface area (Å²) in [5.41, 5.74) is 8.69. The fraction of sp³-hybridized carbons (Fsp3) is 0.308. The normalized spacial score (nSPS) is 10.8. The van der Waals surface area contributed by atoms with Crippen LogP contribution in [0.1, 0.15) is 25.5 Å². The maximum absolute atomic E-state index is 5.73. The highest BCUT2D eigenvalue weighted by atomic mass is 16.5. The van der Waals surface area contributed by atoms with Gasteiger partial charge in [-0.25, -0.2) is 4.98 Å². The molecule has 90 valence electrons. The third-order valence-corrected chi connectivity index (χ3v) is 2.67. The summed E-state index contributed by atoms with van der Waals surface area (Å²) in [5, 5.41) is 0. The van der Waals surface area contributed by atoms with Crippen LogP contribution >= 0.6 is 0 Å². The average molecular weight is 231 g/mol. The number of nitrogens with one attached hydrogen (secondary N) is 1. The first-order valence-electron chi connectivity index (χ1n) is 5.61. The Hall–Kier alpha value is -1.97. The van der Waals surface area contributed by atoms with Gasteiger partial charge in [-0.15, -0.1) is 0 Å². The van der Waals surface area contributed by atoms with E-state index in [4.69, 9.17) is 10.5 Å². The highest BCUT2D eigenvalue weighted by molar-refractivity contribution is 5.66. The van der Waals surface area contributed by atoms with Crippen molar-refractivity contribution in [3.63, 3.8) is 0 Å². The van der Waals surface area contributed by atoms with Gasteiger partial charge in [0.1, 0.15) is 5.75 Å². The molecule has 4 heteroatoms. The lowest BCUT2D eigenvalue weighted by Gasteiger charge is -2.07. The Morgan fingerprint density at radius 1 is 1.35 bits per heavy atom. The predicted octanol–water partition coefficient (Wildman–Crippen LogP) is 2.79. The molecule has 2 rings (SSSR count). The summed E-state index contributed by atoms with van der Waals surface area (Å²) in [6, 6.07) is 7.82. The maximum Gasteiger partial charge on any atom is 0.198 e. The summed E-state index contributed by atoms with van der Waals surface area (Å²) in [4.78, 5) is 7.45. The second-order valence-electron chi connectivity index (χ2n) is 4.27. The third-order valence-electron chi connectivity index (χ3n) is 2.67. The van der Waals surface area contributed by atoms with Crippen molar-refractivity contribution in [1.82, 2.24) is 9.97 Å². The number of nitrogens with zero attached hydrogens (tertiary/aromatic N) is 1. The van der Waals surface area contributed by atoms with Gasteiger partial charge in [0, 0.05) is 11.3 Å². The molecule has 0 saturated carbocycles. The van der Waals surface area contributed by atoms with E-state index in [1.54, 1.807) is 7.11 Å². The van der Waals surface area contributed by atoms with E-state index in [1.165, 1.54) is 0 Å². The smallest absolute Gasteiger partial charge is 0.198 e. The van der Waals surface area contributed by atoms with Crippen LogP contribution in [0.4, 0.5) is 5.95 Å². The SMILES string of the molecule is COc1cccc(-c2nc(N)[nH]c2C(C)C)c1. The number of H-pyrrole nitrogens is 1. The van der Waals surface area contributed by atoms with Crippen molar-refractivity contribution in [2.24, 2.45) is 0 Å². The summed E-state index contributed by atoms with van der Waals surface area (Å²) in [5.74, 6) is 1.62. The van der Waals surface area contributed by atoms with Gasteiger partial charge in [0.15, 0.2) is 5.95 Å². The molecule has 1 heterocycles. The van der Waals surface area contributed by atoms with Crippen LogP contribution in [0, 0.1) is 0 Å². The Bertz CT molecular complexity index is 517. The zero-order valence-electron chi connectivity index (χ0n) is 10.3. The predicted molar refractivity (Wildman–Crippen MR) is 69.1 cm³/mol. The molecule has 3 N–H and O–H groups in total. The fourth-order valence-corrected chi connectivity index (χ4v) is 1.81. The van der Waals surface area contributed by atoms with E-state index in [1.807, 2.05) is 24.3 Å². The fourth-order valence-electron chi connectivity index (χ4n) is 1.81. The van der Waals surface area contributed by atoms with Gasteiger partial charge in [-0.05, 0) is 18.1 Å². The number of methoxy groups -OCH3 is 1. The molecule has 0 radical (unpaired) electrons. The van der Waals surface area contributed by atoms with Gasteiger partial charge in [-0.2, -0.15) is 0 Å². The van der Waals surface area contributed by atoms with Crippen LogP contribution < -0.4 is 10.5 Å². The molecule has 0 amide bonds. The number of imidazole rings is 1. The second kappa shape index (κ2) is 4.49. The van der Waals surface area contributed by atoms with Crippen molar-refractivity contribution in [2.75, 3.05) is 12.8 Å². The molecule has 2 aromatic rings. The topological polar surface area (TPSA) is 63.9 Å². The highest BCUT2D eigenvalue weighted by Gasteiger charge is 2.14. The van der Waals surface area contributed by atoms with Gasteiger partial charge in [0.05, 0.1) is 12.8 Å². The number of aromatic nitrogens is 2. The second-order valence-corrected chi connectivity index (χ2v) is 4.27. The molecule has 4 nitrogen and oxygen atoms in total. The molecule has 0 bridgehead atoms. The number of rotatable bonds is 3. The molecular weight excluding hydrogens is 214 g/mol. The van der Waals surface area contributed by atoms with Crippen LogP contribution in [0.15, 0.2) is 24.3 Å². The number of nitrogens with two attached hydrogens (primary N) is 1. The third kappa shape index (κ3) is 2.25. The number of ether oxygens (including phenoxy) is 1. The summed E-state index contributed by atoms with van der Waals surface area (Å²) >= 11 is 0. The van der Waals surface area contributed by atoms with Crippen LogP contribution in [0.2, 0.25) is 0 Å². The van der Waals surface area contributed by atoms with Crippen molar-refractivity contribution in [3.05, 3.63) is 30.0 Å². The average Bonchev–Trinajstić information content (AvgIpc) is 2.72. The van der Waals surface area contributed by atoms with Crippen molar-refractivity contribution in [2.45, 2.75) is 19.8 Å². The number of benzene rings is 1. The minimum absolute atomic E-state index is 0.348. The Balaban J connectivity index is 2.51. The van der Waals surface area contributed by atoms with Crippen LogP contribution in [-0.2, 0) is 0 Å². The Morgan fingerprint density at radius 2 is 2.12 bits per heavy atom. The molecule has 17 heavy (non-hydrogen) atoms. The number of nitrogen functional groups attached to an aromatic ring is 1. The summed E-state index contributed by atoms with van der Waals surface area (Å²) < 4.78 is 5.21. The summed E-state index contributed by atoms with van der Waals surface area (Å²) in [6.45, 7) is 4.22. The lowest BCUT2D eigenvalue weighted by molar-refractivity contribution is 0.415. The van der Waals surface area contributed by atoms with E-state index < -0.39 is 0 Å². The van der Waals surface area contributed by atoms with E-state index in [9.17, 15) is 0 Å². The standard InChI is InChI=1S/C13H17N3O/c1-8(2)11-12(16-13(14)15-11)9-5-4-6-10(7-9)17-3/h4-8H,1-3H3,(H3,14,15,16). The monoisotopic (exact) mass is 231 g/mol. The lowest BCUT2D eigenvalue weighted by atomic mass is 10.0. The van der Waals surface area contributed by atoms with Gasteiger partial charge in [-0.3, -0.25) is 0 Å². The van der Waals surface area contributed by atoms with Crippen molar-refractivity contribution in [3.8, 4) is 17.0 Å². The summed E-state index contributed by atoms with van der Waals surface area (Å²) in [6.07, 6.45) is 0. The molecule has 0 spiro atoms. The largest absolute Gasteiger partial charge is 0.497 e. The molecule has 0 saturated heterocycles. The van der Waals surface area contributed by atoms with Crippen LogP contribution in [0.25, 0.3) is 11.3 Å².